The highest BCUT2D eigenvalue weighted by atomic mass is 16.3. The molecule has 0 aliphatic carbocycles. The summed E-state index contributed by atoms with van der Waals surface area (Å²) in [6.07, 6.45) is 0. The lowest BCUT2D eigenvalue weighted by molar-refractivity contribution is 0.102. The van der Waals surface area contributed by atoms with Crippen molar-refractivity contribution in [2.24, 2.45) is 0 Å². The fourth-order valence-corrected chi connectivity index (χ4v) is 1.45. The molecule has 4 N–H and O–H groups in total. The third-order valence-electron chi connectivity index (χ3n) is 2.35. The van der Waals surface area contributed by atoms with Gasteiger partial charge >= 0.3 is 0 Å². The molecule has 0 fully saturated rings. The van der Waals surface area contributed by atoms with E-state index < -0.39 is 0 Å². The SMILES string of the molecule is Nc1cccc(NC(=O)c2ccccc2)c1O. The summed E-state index contributed by atoms with van der Waals surface area (Å²) in [5, 5.41) is 12.3. The fraction of sp³-hybridized carbons (Fsp3) is 0. The van der Waals surface area contributed by atoms with E-state index >= 15 is 0 Å². The minimum Gasteiger partial charge on any atom is -0.504 e. The molecule has 1 amide bonds. The van der Waals surface area contributed by atoms with Crippen LogP contribution in [-0.4, -0.2) is 11.0 Å². The van der Waals surface area contributed by atoms with Crippen LogP contribution in [0, 0.1) is 0 Å². The predicted octanol–water partition coefficient (Wildman–Crippen LogP) is 2.23. The number of anilines is 2. The molecule has 0 spiro atoms. The Morgan fingerprint density at radius 3 is 2.47 bits per heavy atom. The number of nitrogens with two attached hydrogens (primary N) is 1. The predicted molar refractivity (Wildman–Crippen MR) is 66.9 cm³/mol. The van der Waals surface area contributed by atoms with Crippen molar-refractivity contribution in [2.45, 2.75) is 0 Å². The molecule has 86 valence electrons. The summed E-state index contributed by atoms with van der Waals surface area (Å²) in [5.74, 6) is -0.400. The Kier molecular flexibility index (Phi) is 2.96. The Hall–Kier alpha value is -2.49. The smallest absolute Gasteiger partial charge is 0.255 e. The summed E-state index contributed by atoms with van der Waals surface area (Å²) >= 11 is 0. The van der Waals surface area contributed by atoms with E-state index in [2.05, 4.69) is 5.32 Å². The summed E-state index contributed by atoms with van der Waals surface area (Å²) in [6.45, 7) is 0. The van der Waals surface area contributed by atoms with E-state index in [-0.39, 0.29) is 17.3 Å². The molecule has 0 radical (unpaired) electrons. The molecule has 0 bridgehead atoms. The number of nitrogen functional groups attached to an aromatic ring is 1. The largest absolute Gasteiger partial charge is 0.504 e. The lowest BCUT2D eigenvalue weighted by Crippen LogP contribution is -2.11. The molecule has 0 unspecified atom stereocenters. The van der Waals surface area contributed by atoms with Gasteiger partial charge in [-0.15, -0.1) is 0 Å². The van der Waals surface area contributed by atoms with Crippen LogP contribution in [0.2, 0.25) is 0 Å². The van der Waals surface area contributed by atoms with Crippen molar-refractivity contribution in [2.75, 3.05) is 11.1 Å². The second-order valence-corrected chi connectivity index (χ2v) is 3.56. The van der Waals surface area contributed by atoms with E-state index in [1.807, 2.05) is 6.07 Å². The lowest BCUT2D eigenvalue weighted by atomic mass is 10.2. The van der Waals surface area contributed by atoms with Gasteiger partial charge in [-0.25, -0.2) is 0 Å². The minimum absolute atomic E-state index is 0.114. The second-order valence-electron chi connectivity index (χ2n) is 3.56. The summed E-state index contributed by atoms with van der Waals surface area (Å²) in [6, 6.07) is 13.6. The monoisotopic (exact) mass is 228 g/mol. The quantitative estimate of drug-likeness (QED) is 0.545. The summed E-state index contributed by atoms with van der Waals surface area (Å²) in [7, 11) is 0. The van der Waals surface area contributed by atoms with Gasteiger partial charge in [0.1, 0.15) is 0 Å². The van der Waals surface area contributed by atoms with Gasteiger partial charge in [-0.2, -0.15) is 0 Å². The maximum absolute atomic E-state index is 11.8. The van der Waals surface area contributed by atoms with Crippen LogP contribution in [0.25, 0.3) is 0 Å². The molecule has 0 atom stereocenters. The maximum Gasteiger partial charge on any atom is 0.255 e. The van der Waals surface area contributed by atoms with E-state index in [1.54, 1.807) is 42.5 Å². The Morgan fingerprint density at radius 1 is 1.06 bits per heavy atom. The minimum atomic E-state index is -0.286. The van der Waals surface area contributed by atoms with Gasteiger partial charge in [-0.1, -0.05) is 24.3 Å². The fourth-order valence-electron chi connectivity index (χ4n) is 1.45. The Balaban J connectivity index is 2.22. The molecule has 0 heterocycles. The first-order valence-corrected chi connectivity index (χ1v) is 5.12. The molecule has 4 heteroatoms. The first-order valence-electron chi connectivity index (χ1n) is 5.12. The molecule has 0 aliphatic heterocycles. The number of amides is 1. The molecule has 2 aromatic rings. The van der Waals surface area contributed by atoms with E-state index in [0.717, 1.165) is 0 Å². The van der Waals surface area contributed by atoms with E-state index in [9.17, 15) is 9.90 Å². The molecule has 0 aromatic heterocycles. The standard InChI is InChI=1S/C13H12N2O2/c14-10-7-4-8-11(12(10)16)15-13(17)9-5-2-1-3-6-9/h1-8,16H,14H2,(H,15,17). The molecule has 0 aliphatic rings. The number of carbonyl (C=O) groups is 1. The van der Waals surface area contributed by atoms with Crippen molar-refractivity contribution in [3.8, 4) is 5.75 Å². The average molecular weight is 228 g/mol. The average Bonchev–Trinajstić information content (AvgIpc) is 2.36. The van der Waals surface area contributed by atoms with Crippen molar-refractivity contribution < 1.29 is 9.90 Å². The number of nitrogens with one attached hydrogen (secondary N) is 1. The molecule has 17 heavy (non-hydrogen) atoms. The normalized spacial score (nSPS) is 9.88. The van der Waals surface area contributed by atoms with Gasteiger partial charge in [0.2, 0.25) is 0 Å². The Labute approximate surface area is 98.7 Å². The molecule has 4 nitrogen and oxygen atoms in total. The van der Waals surface area contributed by atoms with Gasteiger partial charge in [0.05, 0.1) is 11.4 Å². The lowest BCUT2D eigenvalue weighted by Gasteiger charge is -2.08. The van der Waals surface area contributed by atoms with Gasteiger partial charge in [0, 0.05) is 5.56 Å². The zero-order valence-electron chi connectivity index (χ0n) is 9.05. The second kappa shape index (κ2) is 4.57. The number of carbonyl (C=O) groups excluding carboxylic acids is 1. The summed E-state index contributed by atoms with van der Waals surface area (Å²) in [5.41, 5.74) is 6.59. The van der Waals surface area contributed by atoms with Gasteiger partial charge in [-0.3, -0.25) is 4.79 Å². The number of hydrogen-bond donors (Lipinski definition) is 3. The van der Waals surface area contributed by atoms with E-state index in [0.29, 0.717) is 11.3 Å². The Morgan fingerprint density at radius 2 is 1.76 bits per heavy atom. The number of para-hydroxylation sites is 1. The van der Waals surface area contributed by atoms with Crippen LogP contribution in [0.5, 0.6) is 5.75 Å². The third kappa shape index (κ3) is 2.36. The van der Waals surface area contributed by atoms with E-state index in [1.165, 1.54) is 0 Å². The van der Waals surface area contributed by atoms with Crippen LogP contribution < -0.4 is 11.1 Å². The van der Waals surface area contributed by atoms with Crippen molar-refractivity contribution in [3.63, 3.8) is 0 Å². The van der Waals surface area contributed by atoms with Crippen molar-refractivity contribution >= 4 is 17.3 Å². The molecule has 0 saturated carbocycles. The van der Waals surface area contributed by atoms with Crippen LogP contribution >= 0.6 is 0 Å². The zero-order valence-corrected chi connectivity index (χ0v) is 9.05. The summed E-state index contributed by atoms with van der Waals surface area (Å²) in [4.78, 5) is 11.8. The molecule has 0 saturated heterocycles. The van der Waals surface area contributed by atoms with Crippen molar-refractivity contribution in [1.82, 2.24) is 0 Å². The van der Waals surface area contributed by atoms with Crippen molar-refractivity contribution in [1.29, 1.82) is 0 Å². The third-order valence-corrected chi connectivity index (χ3v) is 2.35. The number of rotatable bonds is 2. The van der Waals surface area contributed by atoms with Crippen LogP contribution in [0.1, 0.15) is 10.4 Å². The van der Waals surface area contributed by atoms with Gasteiger partial charge in [0.25, 0.3) is 5.91 Å². The number of hydrogen-bond acceptors (Lipinski definition) is 3. The van der Waals surface area contributed by atoms with Crippen LogP contribution in [-0.2, 0) is 0 Å². The van der Waals surface area contributed by atoms with Gasteiger partial charge < -0.3 is 16.2 Å². The highest BCUT2D eigenvalue weighted by Gasteiger charge is 2.09. The number of phenols is 1. The van der Waals surface area contributed by atoms with Crippen LogP contribution in [0.4, 0.5) is 11.4 Å². The molecule has 2 aromatic carbocycles. The van der Waals surface area contributed by atoms with Gasteiger partial charge in [0.15, 0.2) is 5.75 Å². The van der Waals surface area contributed by atoms with Crippen LogP contribution in [0.3, 0.4) is 0 Å². The first-order chi connectivity index (χ1) is 8.18. The topological polar surface area (TPSA) is 75.3 Å². The van der Waals surface area contributed by atoms with Crippen molar-refractivity contribution in [3.05, 3.63) is 54.1 Å². The number of aromatic hydroxyl groups is 1. The van der Waals surface area contributed by atoms with Crippen LogP contribution in [0.15, 0.2) is 48.5 Å². The zero-order chi connectivity index (χ0) is 12.3. The number of benzene rings is 2. The van der Waals surface area contributed by atoms with Gasteiger partial charge in [-0.05, 0) is 24.3 Å². The maximum atomic E-state index is 11.8. The number of phenolic OH excluding ortho intramolecular Hbond substituents is 1. The molecule has 2 rings (SSSR count). The first kappa shape index (κ1) is 11.0. The van der Waals surface area contributed by atoms with E-state index in [4.69, 9.17) is 5.73 Å². The highest BCUT2D eigenvalue weighted by molar-refractivity contribution is 6.05. The molecular weight excluding hydrogens is 216 g/mol. The molecular formula is C13H12N2O2. The Bertz CT molecular complexity index is 538. The highest BCUT2D eigenvalue weighted by Crippen LogP contribution is 2.29. The summed E-state index contributed by atoms with van der Waals surface area (Å²) < 4.78 is 0.